The van der Waals surface area contributed by atoms with Crippen molar-refractivity contribution in [3.63, 3.8) is 0 Å². The van der Waals surface area contributed by atoms with Crippen molar-refractivity contribution in [1.82, 2.24) is 4.57 Å². The topological polar surface area (TPSA) is 80.6 Å². The molecule has 1 N–H and O–H groups in total. The summed E-state index contributed by atoms with van der Waals surface area (Å²) in [5, 5.41) is 5.20. The van der Waals surface area contributed by atoms with Crippen LogP contribution in [0.3, 0.4) is 0 Å². The van der Waals surface area contributed by atoms with Gasteiger partial charge in [-0.3, -0.25) is 9.10 Å². The Balaban J connectivity index is 1.45. The lowest BCUT2D eigenvalue weighted by atomic mass is 10.1. The average Bonchev–Trinajstić information content (AvgIpc) is 3.14. The number of fused-ring (bicyclic) bond motifs is 3. The Morgan fingerprint density at radius 1 is 1.00 bits per heavy atom. The van der Waals surface area contributed by atoms with E-state index >= 15 is 0 Å². The maximum atomic E-state index is 12.6. The van der Waals surface area contributed by atoms with E-state index < -0.39 is 10.0 Å². The van der Waals surface area contributed by atoms with Crippen molar-refractivity contribution < 1.29 is 17.9 Å². The van der Waals surface area contributed by atoms with Crippen LogP contribution < -0.4 is 14.4 Å². The summed E-state index contributed by atoms with van der Waals surface area (Å²) in [7, 11) is -1.97. The van der Waals surface area contributed by atoms with Crippen LogP contribution >= 0.6 is 0 Å². The van der Waals surface area contributed by atoms with Crippen LogP contribution in [-0.4, -0.2) is 38.8 Å². The quantitative estimate of drug-likeness (QED) is 0.366. The van der Waals surface area contributed by atoms with Crippen LogP contribution in [0.4, 0.5) is 11.4 Å². The third-order valence-electron chi connectivity index (χ3n) is 5.88. The van der Waals surface area contributed by atoms with Gasteiger partial charge in [0.15, 0.2) is 0 Å². The first-order valence-electron chi connectivity index (χ1n) is 11.2. The second-order valence-electron chi connectivity index (χ2n) is 8.18. The summed E-state index contributed by atoms with van der Waals surface area (Å²) in [6.07, 6.45) is 1.74. The Bertz CT molecular complexity index is 1440. The summed E-state index contributed by atoms with van der Waals surface area (Å²) < 4.78 is 33.4. The number of methoxy groups -OCH3 is 1. The molecular weight excluding hydrogens is 450 g/mol. The average molecular weight is 480 g/mol. The maximum Gasteiger partial charge on any atom is 0.232 e. The summed E-state index contributed by atoms with van der Waals surface area (Å²) in [4.78, 5) is 12.6. The number of ether oxygens (including phenoxy) is 1. The van der Waals surface area contributed by atoms with Gasteiger partial charge in [-0.05, 0) is 49.7 Å². The van der Waals surface area contributed by atoms with Gasteiger partial charge in [0.25, 0.3) is 0 Å². The number of carbonyl (C=O) groups is 1. The third kappa shape index (κ3) is 4.87. The number of anilines is 2. The van der Waals surface area contributed by atoms with E-state index in [1.807, 2.05) is 30.3 Å². The Morgan fingerprint density at radius 3 is 2.50 bits per heavy atom. The summed E-state index contributed by atoms with van der Waals surface area (Å²) >= 11 is 0. The predicted octanol–water partition coefficient (Wildman–Crippen LogP) is 5.01. The van der Waals surface area contributed by atoms with Crippen LogP contribution in [0.25, 0.3) is 21.8 Å². The number of carbonyl (C=O) groups excluding carboxylic acids is 1. The van der Waals surface area contributed by atoms with E-state index in [1.165, 1.54) is 16.9 Å². The Hall–Kier alpha value is -3.52. The molecule has 3 aromatic carbocycles. The molecule has 34 heavy (non-hydrogen) atoms. The number of benzene rings is 3. The highest BCUT2D eigenvalue weighted by Crippen LogP contribution is 2.31. The minimum absolute atomic E-state index is 0.155. The third-order valence-corrected chi connectivity index (χ3v) is 7.07. The smallest absolute Gasteiger partial charge is 0.232 e. The fourth-order valence-electron chi connectivity index (χ4n) is 4.33. The number of aryl methyl sites for hydroxylation is 1. The highest BCUT2D eigenvalue weighted by molar-refractivity contribution is 7.92. The lowest BCUT2D eigenvalue weighted by Crippen LogP contribution is -2.31. The van der Waals surface area contributed by atoms with E-state index in [9.17, 15) is 13.2 Å². The van der Waals surface area contributed by atoms with E-state index in [0.717, 1.165) is 34.8 Å². The Labute approximate surface area is 200 Å². The number of rotatable bonds is 9. The lowest BCUT2D eigenvalue weighted by Gasteiger charge is -2.22. The molecule has 4 rings (SSSR count). The fraction of sp³-hybridized carbons (Fsp3) is 0.269. The number of aromatic nitrogens is 1. The molecule has 0 aliphatic rings. The molecule has 0 radical (unpaired) electrons. The molecule has 1 aromatic heterocycles. The summed E-state index contributed by atoms with van der Waals surface area (Å²) in [6, 6.07) is 21.1. The van der Waals surface area contributed by atoms with E-state index in [2.05, 4.69) is 28.9 Å². The lowest BCUT2D eigenvalue weighted by molar-refractivity contribution is -0.116. The van der Waals surface area contributed by atoms with Gasteiger partial charge in [0.2, 0.25) is 15.9 Å². The van der Waals surface area contributed by atoms with E-state index in [4.69, 9.17) is 4.74 Å². The summed E-state index contributed by atoms with van der Waals surface area (Å²) in [5.41, 5.74) is 3.54. The molecule has 0 fully saturated rings. The second-order valence-corrected chi connectivity index (χ2v) is 10.1. The van der Waals surface area contributed by atoms with Crippen molar-refractivity contribution in [3.8, 4) is 5.75 Å². The van der Waals surface area contributed by atoms with Crippen molar-refractivity contribution >= 4 is 49.1 Å². The van der Waals surface area contributed by atoms with Gasteiger partial charge in [-0.25, -0.2) is 8.42 Å². The highest BCUT2D eigenvalue weighted by atomic mass is 32.2. The van der Waals surface area contributed by atoms with Gasteiger partial charge in [-0.2, -0.15) is 0 Å². The van der Waals surface area contributed by atoms with Gasteiger partial charge in [0, 0.05) is 53.1 Å². The number of sulfonamides is 1. The molecule has 0 saturated carbocycles. The number of para-hydroxylation sites is 1. The molecule has 1 heterocycles. The molecule has 0 bridgehead atoms. The molecular formula is C26H29N3O4S. The molecule has 178 valence electrons. The number of hydrogen-bond acceptors (Lipinski definition) is 4. The fourth-order valence-corrected chi connectivity index (χ4v) is 5.29. The zero-order valence-electron chi connectivity index (χ0n) is 19.6. The first-order chi connectivity index (χ1) is 16.3. The first kappa shape index (κ1) is 23.6. The molecule has 8 heteroatoms. The van der Waals surface area contributed by atoms with Gasteiger partial charge in [0.1, 0.15) is 5.75 Å². The molecule has 0 atom stereocenters. The van der Waals surface area contributed by atoms with Crippen molar-refractivity contribution in [2.45, 2.75) is 26.3 Å². The van der Waals surface area contributed by atoms with E-state index in [-0.39, 0.29) is 18.9 Å². The number of hydrogen-bond donors (Lipinski definition) is 1. The Morgan fingerprint density at radius 2 is 1.76 bits per heavy atom. The minimum atomic E-state index is -3.50. The normalized spacial score (nSPS) is 11.6. The number of amides is 1. The van der Waals surface area contributed by atoms with Crippen LogP contribution in [0.15, 0.2) is 66.7 Å². The number of nitrogens with one attached hydrogen (secondary N) is 1. The van der Waals surface area contributed by atoms with Crippen LogP contribution in [-0.2, 0) is 21.4 Å². The highest BCUT2D eigenvalue weighted by Gasteiger charge is 2.18. The molecule has 0 spiro atoms. The van der Waals surface area contributed by atoms with Gasteiger partial charge in [0.05, 0.1) is 19.1 Å². The maximum absolute atomic E-state index is 12.6. The van der Waals surface area contributed by atoms with Crippen LogP contribution in [0.1, 0.15) is 19.8 Å². The van der Waals surface area contributed by atoms with Crippen LogP contribution in [0.5, 0.6) is 5.75 Å². The summed E-state index contributed by atoms with van der Waals surface area (Å²) in [6.45, 7) is 3.18. The minimum Gasteiger partial charge on any atom is -0.497 e. The monoisotopic (exact) mass is 479 g/mol. The second kappa shape index (κ2) is 9.77. The van der Waals surface area contributed by atoms with Gasteiger partial charge >= 0.3 is 0 Å². The van der Waals surface area contributed by atoms with Gasteiger partial charge in [-0.1, -0.05) is 24.3 Å². The molecule has 1 amide bonds. The van der Waals surface area contributed by atoms with Crippen molar-refractivity contribution in [2.75, 3.05) is 29.5 Å². The zero-order chi connectivity index (χ0) is 24.3. The summed E-state index contributed by atoms with van der Waals surface area (Å²) in [5.74, 6) is 0.418. The van der Waals surface area contributed by atoms with Crippen molar-refractivity contribution in [3.05, 3.63) is 66.7 Å². The predicted molar refractivity (Wildman–Crippen MR) is 138 cm³/mol. The molecule has 4 aromatic rings. The van der Waals surface area contributed by atoms with Crippen LogP contribution in [0.2, 0.25) is 0 Å². The van der Waals surface area contributed by atoms with E-state index in [0.29, 0.717) is 17.9 Å². The number of nitrogens with zero attached hydrogens (tertiary/aromatic N) is 2. The molecule has 0 aliphatic carbocycles. The first-order valence-corrected chi connectivity index (χ1v) is 13.1. The Kier molecular flexibility index (Phi) is 6.79. The zero-order valence-corrected chi connectivity index (χ0v) is 20.4. The SMILES string of the molecule is CCn1c2ccccc2c2cc(NC(=O)CCCN(c3cccc(OC)c3)S(C)(=O)=O)ccc21. The largest absolute Gasteiger partial charge is 0.497 e. The van der Waals surface area contributed by atoms with E-state index in [1.54, 1.807) is 24.3 Å². The molecule has 7 nitrogen and oxygen atoms in total. The van der Waals surface area contributed by atoms with Crippen molar-refractivity contribution in [2.24, 2.45) is 0 Å². The van der Waals surface area contributed by atoms with Gasteiger partial charge in [-0.15, -0.1) is 0 Å². The van der Waals surface area contributed by atoms with Gasteiger partial charge < -0.3 is 14.6 Å². The van der Waals surface area contributed by atoms with Crippen molar-refractivity contribution in [1.29, 1.82) is 0 Å². The standard InChI is InChI=1S/C26H29N3O4S/c1-4-28-24-12-6-5-11-22(24)23-17-19(14-15-25(23)28)27-26(30)13-8-16-29(34(3,31)32)20-9-7-10-21(18-20)33-2/h5-7,9-12,14-15,17-18H,4,8,13,16H2,1-3H3,(H,27,30). The molecule has 0 saturated heterocycles. The molecule has 0 unspecified atom stereocenters. The molecule has 0 aliphatic heterocycles. The van der Waals surface area contributed by atoms with Crippen LogP contribution in [0, 0.1) is 0 Å².